The van der Waals surface area contributed by atoms with Crippen molar-refractivity contribution in [2.75, 3.05) is 20.0 Å². The number of nitrogens with two attached hydrogens (primary N) is 1. The van der Waals surface area contributed by atoms with Crippen LogP contribution in [0, 0.1) is 0 Å². The molecule has 0 aliphatic carbocycles. The highest BCUT2D eigenvalue weighted by Crippen LogP contribution is 2.53. The fraction of sp³-hybridized carbons (Fsp3) is 0.100. The van der Waals surface area contributed by atoms with E-state index < -0.39 is 10.9 Å². The van der Waals surface area contributed by atoms with E-state index in [1.165, 1.54) is 0 Å². The second kappa shape index (κ2) is 6.72. The summed E-state index contributed by atoms with van der Waals surface area (Å²) >= 11 is 0. The largest absolute Gasteiger partial charge is 0.493 e. The van der Waals surface area contributed by atoms with Crippen molar-refractivity contribution in [3.8, 4) is 22.6 Å². The molecule has 5 nitrogen and oxygen atoms in total. The van der Waals surface area contributed by atoms with Crippen molar-refractivity contribution in [1.29, 1.82) is 0 Å². The van der Waals surface area contributed by atoms with Gasteiger partial charge in [0.05, 0.1) is 25.3 Å². The lowest BCUT2D eigenvalue weighted by atomic mass is 10.0. The van der Waals surface area contributed by atoms with Gasteiger partial charge in [-0.05, 0) is 22.9 Å². The first-order valence-electron chi connectivity index (χ1n) is 8.13. The molecule has 4 rings (SSSR count). The number of nitrogen functional groups attached to an aromatic ring is 1. The van der Waals surface area contributed by atoms with Gasteiger partial charge in [-0.25, -0.2) is 4.98 Å². The predicted octanol–water partition coefficient (Wildman–Crippen LogP) is 4.30. The minimum atomic E-state index is -0.699. The van der Waals surface area contributed by atoms with Crippen molar-refractivity contribution < 1.29 is 9.47 Å². The normalized spacial score (nSPS) is 14.2. The number of para-hydroxylation sites is 1. The third-order valence-electron chi connectivity index (χ3n) is 4.29. The molecule has 2 aromatic heterocycles. The van der Waals surface area contributed by atoms with Gasteiger partial charge in [-0.1, -0.05) is 30.4 Å². The molecule has 0 amide bonds. The van der Waals surface area contributed by atoms with Gasteiger partial charge in [0.2, 0.25) is 0 Å². The Morgan fingerprint density at radius 3 is 2.42 bits per heavy atom. The zero-order valence-corrected chi connectivity index (χ0v) is 15.4. The Balaban J connectivity index is 2.08. The van der Waals surface area contributed by atoms with Crippen LogP contribution in [-0.2, 0) is 0 Å². The number of rotatable bonds is 4. The molecule has 0 saturated heterocycles. The molecule has 2 N–H and O–H groups in total. The van der Waals surface area contributed by atoms with Crippen LogP contribution in [0.5, 0.6) is 11.5 Å². The van der Waals surface area contributed by atoms with Crippen molar-refractivity contribution in [3.63, 3.8) is 0 Å². The molecule has 0 fully saturated rings. The third kappa shape index (κ3) is 2.59. The van der Waals surface area contributed by atoms with E-state index in [0.717, 1.165) is 27.1 Å². The van der Waals surface area contributed by atoms with Crippen LogP contribution in [0.15, 0.2) is 64.5 Å². The van der Waals surface area contributed by atoms with Gasteiger partial charge in [-0.15, -0.1) is 0 Å². The fourth-order valence-electron chi connectivity index (χ4n) is 3.17. The Labute approximate surface area is 154 Å². The van der Waals surface area contributed by atoms with Gasteiger partial charge in [0.15, 0.2) is 17.3 Å². The number of benzene rings is 1. The number of ether oxygens (including phenoxy) is 2. The van der Waals surface area contributed by atoms with Gasteiger partial charge in [-0.2, -0.15) is 10.9 Å². The summed E-state index contributed by atoms with van der Waals surface area (Å²) in [5.74, 6) is 1.56. The topological polar surface area (TPSA) is 70.3 Å². The van der Waals surface area contributed by atoms with E-state index in [-0.39, 0.29) is 0 Å². The first-order chi connectivity index (χ1) is 12.7. The maximum absolute atomic E-state index is 6.26. The standard InChI is InChI=1S/C20H19N3O2S/c1-24-17-16(14-9-10-22-15-8-4-3-7-13(14)15)18(25-2)20(23-19(17)21)26-11-5-6-12-26/h3-12,26H,1-2H3,(H2,21,23). The maximum Gasteiger partial charge on any atom is 0.172 e. The monoisotopic (exact) mass is 365 g/mol. The van der Waals surface area contributed by atoms with Crippen molar-refractivity contribution in [1.82, 2.24) is 9.97 Å². The van der Waals surface area contributed by atoms with E-state index in [1.807, 2.05) is 42.5 Å². The number of hydrogen-bond donors (Lipinski definition) is 2. The molecule has 132 valence electrons. The molecule has 6 heteroatoms. The molecular formula is C20H19N3O2S. The zero-order valence-electron chi connectivity index (χ0n) is 14.5. The lowest BCUT2D eigenvalue weighted by Crippen LogP contribution is -2.04. The van der Waals surface area contributed by atoms with Gasteiger partial charge in [-0.3, -0.25) is 4.98 Å². The van der Waals surface area contributed by atoms with Crippen LogP contribution in [0.25, 0.3) is 22.0 Å². The number of allylic oxidation sites excluding steroid dienone is 2. The molecule has 0 spiro atoms. The number of nitrogens with zero attached hydrogens (tertiary/aromatic N) is 2. The smallest absolute Gasteiger partial charge is 0.172 e. The number of anilines is 1. The first kappa shape index (κ1) is 16.5. The third-order valence-corrected chi connectivity index (χ3v) is 6.07. The molecule has 3 heterocycles. The average Bonchev–Trinajstić information content (AvgIpc) is 3.21. The minimum Gasteiger partial charge on any atom is -0.493 e. The summed E-state index contributed by atoms with van der Waals surface area (Å²) in [6.07, 6.45) is 5.83. The number of pyridine rings is 2. The van der Waals surface area contributed by atoms with E-state index in [1.54, 1.807) is 20.4 Å². The second-order valence-corrected chi connectivity index (χ2v) is 7.56. The van der Waals surface area contributed by atoms with Gasteiger partial charge < -0.3 is 15.2 Å². The van der Waals surface area contributed by atoms with E-state index in [9.17, 15) is 0 Å². The molecule has 1 aromatic carbocycles. The van der Waals surface area contributed by atoms with Crippen molar-refractivity contribution >= 4 is 27.6 Å². The molecule has 0 atom stereocenters. The predicted molar refractivity (Wildman–Crippen MR) is 108 cm³/mol. The number of fused-ring (bicyclic) bond motifs is 1. The minimum absolute atomic E-state index is 0.357. The van der Waals surface area contributed by atoms with Crippen LogP contribution >= 0.6 is 10.9 Å². The van der Waals surface area contributed by atoms with E-state index in [2.05, 4.69) is 20.8 Å². The van der Waals surface area contributed by atoms with Crippen molar-refractivity contribution in [2.45, 2.75) is 5.03 Å². The Morgan fingerprint density at radius 1 is 0.962 bits per heavy atom. The summed E-state index contributed by atoms with van der Waals surface area (Å²) in [7, 11) is 2.55. The summed E-state index contributed by atoms with van der Waals surface area (Å²) in [6, 6.07) is 9.94. The molecule has 0 unspecified atom stereocenters. The number of thiol groups is 1. The Hall–Kier alpha value is -2.99. The van der Waals surface area contributed by atoms with Crippen LogP contribution in [0.2, 0.25) is 0 Å². The average molecular weight is 365 g/mol. The van der Waals surface area contributed by atoms with Gasteiger partial charge in [0.1, 0.15) is 5.03 Å². The van der Waals surface area contributed by atoms with Crippen molar-refractivity contribution in [3.05, 3.63) is 59.5 Å². The van der Waals surface area contributed by atoms with Crippen LogP contribution < -0.4 is 15.2 Å². The SMILES string of the molecule is COc1c(N)nc([SH]2C=CC=C2)c(OC)c1-c1ccnc2ccccc12. The number of methoxy groups -OCH3 is 2. The van der Waals surface area contributed by atoms with E-state index in [4.69, 9.17) is 15.2 Å². The molecule has 26 heavy (non-hydrogen) atoms. The summed E-state index contributed by atoms with van der Waals surface area (Å²) in [5.41, 5.74) is 8.93. The van der Waals surface area contributed by atoms with Gasteiger partial charge in [0.25, 0.3) is 0 Å². The summed E-state index contributed by atoms with van der Waals surface area (Å²) in [4.78, 5) is 9.06. The van der Waals surface area contributed by atoms with E-state index >= 15 is 0 Å². The molecule has 0 bridgehead atoms. The highest BCUT2D eigenvalue weighted by molar-refractivity contribution is 8.22. The van der Waals surface area contributed by atoms with Crippen LogP contribution in [-0.4, -0.2) is 24.2 Å². The maximum atomic E-state index is 6.26. The summed E-state index contributed by atoms with van der Waals surface area (Å²) < 4.78 is 11.4. The highest BCUT2D eigenvalue weighted by atomic mass is 32.2. The molecular weight excluding hydrogens is 346 g/mol. The molecule has 1 aliphatic heterocycles. The lowest BCUT2D eigenvalue weighted by molar-refractivity contribution is 0.387. The quantitative estimate of drug-likeness (QED) is 0.675. The highest BCUT2D eigenvalue weighted by Gasteiger charge is 2.25. The summed E-state index contributed by atoms with van der Waals surface area (Å²) in [6.45, 7) is 0. The Morgan fingerprint density at radius 2 is 1.69 bits per heavy atom. The number of hydrogen-bond acceptors (Lipinski definition) is 5. The van der Waals surface area contributed by atoms with Gasteiger partial charge >= 0.3 is 0 Å². The van der Waals surface area contributed by atoms with Crippen LogP contribution in [0.1, 0.15) is 0 Å². The fourth-order valence-corrected chi connectivity index (χ4v) is 4.78. The lowest BCUT2D eigenvalue weighted by Gasteiger charge is -2.21. The van der Waals surface area contributed by atoms with Crippen LogP contribution in [0.3, 0.4) is 0 Å². The number of aromatic nitrogens is 2. The molecule has 0 radical (unpaired) electrons. The Bertz CT molecular complexity index is 1030. The zero-order chi connectivity index (χ0) is 18.1. The van der Waals surface area contributed by atoms with Crippen molar-refractivity contribution in [2.24, 2.45) is 0 Å². The first-order valence-corrected chi connectivity index (χ1v) is 9.61. The second-order valence-electron chi connectivity index (χ2n) is 5.73. The van der Waals surface area contributed by atoms with Gasteiger partial charge in [0, 0.05) is 17.1 Å². The van der Waals surface area contributed by atoms with E-state index in [0.29, 0.717) is 17.3 Å². The molecule has 1 aliphatic rings. The Kier molecular flexibility index (Phi) is 4.26. The summed E-state index contributed by atoms with van der Waals surface area (Å²) in [5, 5.41) is 6.09. The van der Waals surface area contributed by atoms with Crippen LogP contribution in [0.4, 0.5) is 5.82 Å². The molecule has 0 saturated carbocycles. The molecule has 3 aromatic rings.